The third kappa shape index (κ3) is 4.37. The third-order valence-corrected chi connectivity index (χ3v) is 8.82. The van der Waals surface area contributed by atoms with E-state index in [1.54, 1.807) is 62.4 Å². The topological polar surface area (TPSA) is 102 Å². The smallest absolute Gasteiger partial charge is 0.240 e. The second-order valence-corrected chi connectivity index (χ2v) is 11.0. The van der Waals surface area contributed by atoms with Crippen LogP contribution in [-0.2, 0) is 23.7 Å². The van der Waals surface area contributed by atoms with Crippen molar-refractivity contribution in [1.82, 2.24) is 9.13 Å². The van der Waals surface area contributed by atoms with E-state index in [-0.39, 0.29) is 23.7 Å². The molecular formula is C35H32N4O4. The molecule has 2 amide bonds. The summed E-state index contributed by atoms with van der Waals surface area (Å²) in [5.41, 5.74) is 2.38. The Hall–Kier alpha value is -5.24. The number of fused-ring (bicyclic) bond motifs is 4. The maximum Gasteiger partial charge on any atom is 0.240 e. The van der Waals surface area contributed by atoms with Crippen LogP contribution in [0.3, 0.4) is 0 Å². The summed E-state index contributed by atoms with van der Waals surface area (Å²) >= 11 is 0. The average Bonchev–Trinajstić information content (AvgIpc) is 3.03. The lowest BCUT2D eigenvalue weighted by molar-refractivity contribution is -0.137. The van der Waals surface area contributed by atoms with Gasteiger partial charge in [0.05, 0.1) is 22.1 Å². The molecule has 0 aliphatic heterocycles. The van der Waals surface area contributed by atoms with Crippen LogP contribution in [0.4, 0.5) is 11.4 Å². The molecule has 6 aromatic rings. The molecular weight excluding hydrogens is 540 g/mol. The van der Waals surface area contributed by atoms with Crippen LogP contribution in [0, 0.1) is 5.41 Å². The van der Waals surface area contributed by atoms with E-state index in [4.69, 9.17) is 0 Å². The van der Waals surface area contributed by atoms with Crippen LogP contribution in [0.5, 0.6) is 0 Å². The number of pyridine rings is 2. The Morgan fingerprint density at radius 3 is 1.35 bits per heavy atom. The van der Waals surface area contributed by atoms with Crippen LogP contribution in [0.1, 0.15) is 26.7 Å². The number of rotatable bonds is 6. The fourth-order valence-corrected chi connectivity index (χ4v) is 6.14. The molecule has 43 heavy (non-hydrogen) atoms. The fraction of sp³-hybridized carbons (Fsp3) is 0.200. The molecule has 2 aromatic heterocycles. The summed E-state index contributed by atoms with van der Waals surface area (Å²) in [5, 5.41) is 7.95. The van der Waals surface area contributed by atoms with Crippen LogP contribution in [-0.4, -0.2) is 20.9 Å². The minimum atomic E-state index is -1.38. The minimum absolute atomic E-state index is 0.120. The first-order chi connectivity index (χ1) is 20.7. The lowest BCUT2D eigenvalue weighted by Gasteiger charge is -2.29. The van der Waals surface area contributed by atoms with Gasteiger partial charge in [0.2, 0.25) is 11.8 Å². The SMILES string of the molecule is CCC(CC)(C(=O)Nc1ccc2c(c1)c(=O)c1ccccc1n2C)C(=O)Nc1ccc2c(c1)c(=O)c1ccccc1n2C. The Kier molecular flexibility index (Phi) is 6.85. The Balaban J connectivity index is 1.33. The Morgan fingerprint density at radius 1 is 0.581 bits per heavy atom. The number of hydrogen-bond acceptors (Lipinski definition) is 4. The highest BCUT2D eigenvalue weighted by atomic mass is 16.2. The number of carbonyl (C=O) groups excluding carboxylic acids is 2. The van der Waals surface area contributed by atoms with E-state index in [2.05, 4.69) is 10.6 Å². The van der Waals surface area contributed by atoms with Gasteiger partial charge in [-0.25, -0.2) is 0 Å². The number of nitrogens with zero attached hydrogens (tertiary/aromatic N) is 2. The van der Waals surface area contributed by atoms with Gasteiger partial charge in [-0.2, -0.15) is 0 Å². The quantitative estimate of drug-likeness (QED) is 0.187. The van der Waals surface area contributed by atoms with E-state index in [0.29, 0.717) is 32.9 Å². The van der Waals surface area contributed by atoms with E-state index in [0.717, 1.165) is 22.1 Å². The summed E-state index contributed by atoms with van der Waals surface area (Å²) < 4.78 is 3.90. The number of para-hydroxylation sites is 2. The zero-order valence-corrected chi connectivity index (χ0v) is 24.5. The molecule has 8 nitrogen and oxygen atoms in total. The molecule has 0 saturated carbocycles. The molecule has 4 aromatic carbocycles. The van der Waals surface area contributed by atoms with Crippen molar-refractivity contribution >= 4 is 66.8 Å². The van der Waals surface area contributed by atoms with Crippen LogP contribution in [0.15, 0.2) is 94.5 Å². The zero-order valence-electron chi connectivity index (χ0n) is 24.5. The summed E-state index contributed by atoms with van der Waals surface area (Å²) in [6, 6.07) is 25.2. The van der Waals surface area contributed by atoms with E-state index in [1.165, 1.54) is 0 Å². The van der Waals surface area contributed by atoms with E-state index >= 15 is 0 Å². The Labute approximate surface area is 247 Å². The van der Waals surface area contributed by atoms with Gasteiger partial charge in [-0.05, 0) is 73.5 Å². The maximum atomic E-state index is 13.8. The van der Waals surface area contributed by atoms with E-state index in [1.807, 2.05) is 59.6 Å². The van der Waals surface area contributed by atoms with Gasteiger partial charge in [-0.15, -0.1) is 0 Å². The van der Waals surface area contributed by atoms with E-state index < -0.39 is 17.2 Å². The molecule has 0 aliphatic rings. The number of aromatic nitrogens is 2. The predicted molar refractivity (Wildman–Crippen MR) is 174 cm³/mol. The highest BCUT2D eigenvalue weighted by molar-refractivity contribution is 6.15. The van der Waals surface area contributed by atoms with Crippen molar-refractivity contribution in [2.24, 2.45) is 19.5 Å². The largest absolute Gasteiger partial charge is 0.343 e. The van der Waals surface area contributed by atoms with Gasteiger partial charge >= 0.3 is 0 Å². The first-order valence-electron chi connectivity index (χ1n) is 14.4. The van der Waals surface area contributed by atoms with Gasteiger partial charge in [0.15, 0.2) is 10.9 Å². The molecule has 0 radical (unpaired) electrons. The standard InChI is InChI=1S/C35H32N4O4/c1-5-35(6-2,33(42)36-21-15-17-29-25(19-21)31(40)23-11-7-9-13-27(23)38(29)3)34(43)37-22-16-18-30-26(20-22)32(41)24-12-8-10-14-28(24)39(30)4/h7-20H,5-6H2,1-4H3,(H,36,42)(H,37,43). The second-order valence-electron chi connectivity index (χ2n) is 11.0. The third-order valence-electron chi connectivity index (χ3n) is 8.82. The number of amides is 2. The van der Waals surface area contributed by atoms with Crippen LogP contribution in [0.2, 0.25) is 0 Å². The lowest BCUT2D eigenvalue weighted by Crippen LogP contribution is -2.45. The molecule has 8 heteroatoms. The first kappa shape index (κ1) is 27.9. The van der Waals surface area contributed by atoms with E-state index in [9.17, 15) is 19.2 Å². The minimum Gasteiger partial charge on any atom is -0.343 e. The number of carbonyl (C=O) groups is 2. The molecule has 216 valence electrons. The van der Waals surface area contributed by atoms with Gasteiger partial charge in [0.25, 0.3) is 0 Å². The summed E-state index contributed by atoms with van der Waals surface area (Å²) in [6.07, 6.45) is 0.502. The van der Waals surface area contributed by atoms with Crippen molar-refractivity contribution in [1.29, 1.82) is 0 Å². The van der Waals surface area contributed by atoms with Crippen LogP contribution >= 0.6 is 0 Å². The maximum absolute atomic E-state index is 13.8. The summed E-state index contributed by atoms with van der Waals surface area (Å²) in [7, 11) is 3.80. The number of nitrogens with one attached hydrogen (secondary N) is 2. The van der Waals surface area contributed by atoms with Crippen molar-refractivity contribution in [3.8, 4) is 0 Å². The van der Waals surface area contributed by atoms with Crippen molar-refractivity contribution in [2.45, 2.75) is 26.7 Å². The molecule has 0 spiro atoms. The molecule has 6 rings (SSSR count). The van der Waals surface area contributed by atoms with Crippen molar-refractivity contribution in [3.63, 3.8) is 0 Å². The summed E-state index contributed by atoms with van der Waals surface area (Å²) in [4.78, 5) is 54.1. The van der Waals surface area contributed by atoms with Gasteiger partial charge in [-0.3, -0.25) is 19.2 Å². The van der Waals surface area contributed by atoms with Crippen molar-refractivity contribution < 1.29 is 9.59 Å². The normalized spacial score (nSPS) is 11.8. The van der Waals surface area contributed by atoms with Crippen LogP contribution in [0.25, 0.3) is 43.6 Å². The summed E-state index contributed by atoms with van der Waals surface area (Å²) in [5.74, 6) is -0.927. The fourth-order valence-electron chi connectivity index (χ4n) is 6.14. The molecule has 0 bridgehead atoms. The number of aryl methyl sites for hydroxylation is 2. The monoisotopic (exact) mass is 572 g/mol. The molecule has 0 unspecified atom stereocenters. The molecule has 0 saturated heterocycles. The van der Waals surface area contributed by atoms with Gasteiger partial charge in [0, 0.05) is 47.0 Å². The highest BCUT2D eigenvalue weighted by Crippen LogP contribution is 2.32. The van der Waals surface area contributed by atoms with Gasteiger partial charge in [0.1, 0.15) is 5.41 Å². The molecule has 2 N–H and O–H groups in total. The predicted octanol–water partition coefficient (Wildman–Crippen LogP) is 6.08. The number of benzene rings is 4. The highest BCUT2D eigenvalue weighted by Gasteiger charge is 2.43. The van der Waals surface area contributed by atoms with Gasteiger partial charge in [-0.1, -0.05) is 38.1 Å². The van der Waals surface area contributed by atoms with Crippen LogP contribution < -0.4 is 21.5 Å². The van der Waals surface area contributed by atoms with Crippen molar-refractivity contribution in [3.05, 3.63) is 105 Å². The van der Waals surface area contributed by atoms with Crippen molar-refractivity contribution in [2.75, 3.05) is 10.6 Å². The average molecular weight is 573 g/mol. The first-order valence-corrected chi connectivity index (χ1v) is 14.4. The number of hydrogen-bond donors (Lipinski definition) is 2. The molecule has 0 aliphatic carbocycles. The number of anilines is 2. The molecule has 0 fully saturated rings. The zero-order chi connectivity index (χ0) is 30.5. The Morgan fingerprint density at radius 2 is 0.953 bits per heavy atom. The van der Waals surface area contributed by atoms with Gasteiger partial charge < -0.3 is 19.8 Å². The lowest BCUT2D eigenvalue weighted by atomic mass is 9.80. The Bertz CT molecular complexity index is 2070. The molecule has 2 heterocycles. The second kappa shape index (κ2) is 10.5. The molecule has 0 atom stereocenters. The summed E-state index contributed by atoms with van der Waals surface area (Å²) in [6.45, 7) is 3.60.